The topological polar surface area (TPSA) is 51.2 Å². The molecule has 0 unspecified atom stereocenters. The van der Waals surface area contributed by atoms with Crippen LogP contribution in [-0.4, -0.2) is 17.9 Å². The van der Waals surface area contributed by atoms with Gasteiger partial charge in [0, 0.05) is 17.5 Å². The average molecular weight is 278 g/mol. The second-order valence-corrected chi connectivity index (χ2v) is 4.23. The highest BCUT2D eigenvalue weighted by atomic mass is 16.1. The van der Waals surface area contributed by atoms with Crippen LogP contribution in [-0.2, 0) is 4.79 Å². The molecule has 0 spiro atoms. The lowest BCUT2D eigenvalue weighted by Crippen LogP contribution is -2.02. The molecule has 0 fully saturated rings. The lowest BCUT2D eigenvalue weighted by Gasteiger charge is -2.00. The first-order valence-electron chi connectivity index (χ1n) is 7.00. The molecular weight excluding hydrogens is 252 g/mol. The zero-order valence-electron chi connectivity index (χ0n) is 13.2. The van der Waals surface area contributed by atoms with Crippen LogP contribution in [0.1, 0.15) is 74.6 Å². The molecule has 112 valence electrons. The molecule has 3 nitrogen and oxygen atoms in total. The zero-order valence-corrected chi connectivity index (χ0v) is 13.2. The number of benzene rings is 1. The molecule has 0 aliphatic rings. The molecule has 0 amide bonds. The molecule has 0 saturated carbocycles. The summed E-state index contributed by atoms with van der Waals surface area (Å²) in [5.74, 6) is -0.137. The van der Waals surface area contributed by atoms with E-state index in [1.807, 2.05) is 6.92 Å². The molecule has 0 N–H and O–H groups in total. The Balaban J connectivity index is 0. The average Bonchev–Trinajstić information content (AvgIpc) is 2.47. The summed E-state index contributed by atoms with van der Waals surface area (Å²) in [4.78, 5) is 31.2. The van der Waals surface area contributed by atoms with E-state index in [9.17, 15) is 14.4 Å². The standard InChI is InChI=1S/C10H10O2.C4H10.C3H6O/c1-7(11)9-5-3-4-6-10(9)8(2)12;1-3-4-2;1-2-3-4/h3-6H,1-2H3;3-4H2,1-2H3;3H,2H2,1H3. The second-order valence-electron chi connectivity index (χ2n) is 4.23. The smallest absolute Gasteiger partial charge is 0.160 e. The summed E-state index contributed by atoms with van der Waals surface area (Å²) < 4.78 is 0. The van der Waals surface area contributed by atoms with Crippen LogP contribution < -0.4 is 0 Å². The van der Waals surface area contributed by atoms with Crippen LogP contribution in [0.5, 0.6) is 0 Å². The number of unbranched alkanes of at least 4 members (excludes halogenated alkanes) is 1. The van der Waals surface area contributed by atoms with Crippen LogP contribution in [0.3, 0.4) is 0 Å². The fourth-order valence-electron chi connectivity index (χ4n) is 1.10. The number of hydrogen-bond acceptors (Lipinski definition) is 3. The normalized spacial score (nSPS) is 8.45. The van der Waals surface area contributed by atoms with Crippen molar-refractivity contribution in [1.29, 1.82) is 0 Å². The summed E-state index contributed by atoms with van der Waals surface area (Å²) in [5, 5.41) is 0. The van der Waals surface area contributed by atoms with Gasteiger partial charge >= 0.3 is 0 Å². The SMILES string of the molecule is CC(=O)c1ccccc1C(C)=O.CCC=O.CCCC. The number of carbonyl (C=O) groups is 3. The zero-order chi connectivity index (χ0) is 16.0. The van der Waals surface area contributed by atoms with E-state index < -0.39 is 0 Å². The van der Waals surface area contributed by atoms with E-state index in [0.29, 0.717) is 17.5 Å². The highest BCUT2D eigenvalue weighted by Gasteiger charge is 2.08. The van der Waals surface area contributed by atoms with Crippen molar-refractivity contribution in [3.8, 4) is 0 Å². The molecule has 1 aromatic rings. The molecule has 20 heavy (non-hydrogen) atoms. The maximum Gasteiger partial charge on any atom is 0.160 e. The molecule has 0 heterocycles. The van der Waals surface area contributed by atoms with Gasteiger partial charge in [-0.1, -0.05) is 57.9 Å². The van der Waals surface area contributed by atoms with Crippen molar-refractivity contribution in [2.24, 2.45) is 0 Å². The second kappa shape index (κ2) is 13.7. The van der Waals surface area contributed by atoms with E-state index in [4.69, 9.17) is 0 Å². The Morgan fingerprint density at radius 2 is 1.20 bits per heavy atom. The molecule has 0 radical (unpaired) electrons. The van der Waals surface area contributed by atoms with Crippen molar-refractivity contribution in [3.05, 3.63) is 35.4 Å². The van der Waals surface area contributed by atoms with Gasteiger partial charge in [-0.05, 0) is 13.8 Å². The molecule has 0 saturated heterocycles. The number of aldehydes is 1. The van der Waals surface area contributed by atoms with E-state index >= 15 is 0 Å². The maximum absolute atomic E-state index is 11.0. The van der Waals surface area contributed by atoms with Crippen LogP contribution in [0.2, 0.25) is 0 Å². The fraction of sp³-hybridized carbons (Fsp3) is 0.471. The lowest BCUT2D eigenvalue weighted by molar-refractivity contribution is -0.107. The Hall–Kier alpha value is -1.77. The van der Waals surface area contributed by atoms with Crippen LogP contribution >= 0.6 is 0 Å². The minimum Gasteiger partial charge on any atom is -0.303 e. The van der Waals surface area contributed by atoms with Gasteiger partial charge in [0.25, 0.3) is 0 Å². The third-order valence-electron chi connectivity index (χ3n) is 2.35. The fourth-order valence-corrected chi connectivity index (χ4v) is 1.10. The third-order valence-corrected chi connectivity index (χ3v) is 2.35. The number of rotatable bonds is 4. The predicted octanol–water partition coefficient (Wildman–Crippen LogP) is 4.49. The Morgan fingerprint density at radius 1 is 0.900 bits per heavy atom. The lowest BCUT2D eigenvalue weighted by atomic mass is 10.0. The molecule has 3 heteroatoms. The van der Waals surface area contributed by atoms with E-state index in [0.717, 1.165) is 6.29 Å². The van der Waals surface area contributed by atoms with Gasteiger partial charge in [0.05, 0.1) is 0 Å². The van der Waals surface area contributed by atoms with Gasteiger partial charge in [0.2, 0.25) is 0 Å². The Labute approximate surface area is 122 Å². The molecule has 1 rings (SSSR count). The minimum atomic E-state index is -0.0687. The van der Waals surface area contributed by atoms with Gasteiger partial charge in [-0.3, -0.25) is 9.59 Å². The molecule has 0 atom stereocenters. The molecule has 1 aromatic carbocycles. The summed E-state index contributed by atoms with van der Waals surface area (Å²) in [6.45, 7) is 9.09. The summed E-state index contributed by atoms with van der Waals surface area (Å²) in [6, 6.07) is 6.84. The molecule has 0 aromatic heterocycles. The number of Topliss-reactive ketones (excluding diaryl/α,β-unsaturated/α-hetero) is 2. The Kier molecular flexibility index (Phi) is 14.0. The van der Waals surface area contributed by atoms with Crippen molar-refractivity contribution in [2.45, 2.75) is 53.9 Å². The number of ketones is 2. The van der Waals surface area contributed by atoms with E-state index in [-0.39, 0.29) is 11.6 Å². The van der Waals surface area contributed by atoms with Crippen molar-refractivity contribution >= 4 is 17.9 Å². The van der Waals surface area contributed by atoms with E-state index in [1.54, 1.807) is 24.3 Å². The predicted molar refractivity (Wildman–Crippen MR) is 83.4 cm³/mol. The molecule has 0 bridgehead atoms. The first-order chi connectivity index (χ1) is 9.45. The van der Waals surface area contributed by atoms with Gasteiger partial charge in [0.15, 0.2) is 11.6 Å². The summed E-state index contributed by atoms with van der Waals surface area (Å²) in [5.41, 5.74) is 1.01. The largest absolute Gasteiger partial charge is 0.303 e. The summed E-state index contributed by atoms with van der Waals surface area (Å²) in [6.07, 6.45) is 4.15. The molecule has 0 aliphatic heterocycles. The number of carbonyl (C=O) groups excluding carboxylic acids is 3. The first-order valence-corrected chi connectivity index (χ1v) is 7.00. The highest BCUT2D eigenvalue weighted by Crippen LogP contribution is 2.09. The van der Waals surface area contributed by atoms with Crippen LogP contribution in [0.4, 0.5) is 0 Å². The number of hydrogen-bond donors (Lipinski definition) is 0. The van der Waals surface area contributed by atoms with Gasteiger partial charge in [-0.15, -0.1) is 0 Å². The van der Waals surface area contributed by atoms with Crippen LogP contribution in [0.15, 0.2) is 24.3 Å². The van der Waals surface area contributed by atoms with Crippen molar-refractivity contribution in [2.75, 3.05) is 0 Å². The third kappa shape index (κ3) is 10.2. The van der Waals surface area contributed by atoms with Crippen LogP contribution in [0.25, 0.3) is 0 Å². The Bertz CT molecular complexity index is 373. The summed E-state index contributed by atoms with van der Waals surface area (Å²) in [7, 11) is 0. The molecule has 0 aliphatic carbocycles. The first kappa shape index (κ1) is 20.5. The minimum absolute atomic E-state index is 0.0687. The van der Waals surface area contributed by atoms with Crippen molar-refractivity contribution < 1.29 is 14.4 Å². The van der Waals surface area contributed by atoms with Gasteiger partial charge < -0.3 is 4.79 Å². The monoisotopic (exact) mass is 278 g/mol. The highest BCUT2D eigenvalue weighted by molar-refractivity contribution is 6.07. The van der Waals surface area contributed by atoms with Gasteiger partial charge in [0.1, 0.15) is 6.29 Å². The van der Waals surface area contributed by atoms with Crippen molar-refractivity contribution in [1.82, 2.24) is 0 Å². The van der Waals surface area contributed by atoms with E-state index in [1.165, 1.54) is 26.7 Å². The summed E-state index contributed by atoms with van der Waals surface area (Å²) >= 11 is 0. The van der Waals surface area contributed by atoms with Crippen LogP contribution in [0, 0.1) is 0 Å². The van der Waals surface area contributed by atoms with Crippen molar-refractivity contribution in [3.63, 3.8) is 0 Å². The Morgan fingerprint density at radius 3 is 1.35 bits per heavy atom. The quantitative estimate of drug-likeness (QED) is 0.602. The molecular formula is C17H26O3. The van der Waals surface area contributed by atoms with E-state index in [2.05, 4.69) is 13.8 Å². The van der Waals surface area contributed by atoms with Gasteiger partial charge in [-0.2, -0.15) is 0 Å². The van der Waals surface area contributed by atoms with Gasteiger partial charge in [-0.25, -0.2) is 0 Å². The maximum atomic E-state index is 11.0.